The minimum absolute atomic E-state index is 0.0641. The normalized spacial score (nSPS) is 14.5. The molecule has 1 aromatic carbocycles. The van der Waals surface area contributed by atoms with E-state index in [1.54, 1.807) is 23.2 Å². The highest BCUT2D eigenvalue weighted by atomic mass is 16.2. The Kier molecular flexibility index (Phi) is 5.90. The summed E-state index contributed by atoms with van der Waals surface area (Å²) in [6.07, 6.45) is 3.11. The first-order valence-electron chi connectivity index (χ1n) is 9.08. The molecular weight excluding hydrogens is 342 g/mol. The second-order valence-electron chi connectivity index (χ2n) is 6.83. The molecule has 0 aliphatic carbocycles. The summed E-state index contributed by atoms with van der Waals surface area (Å²) < 4.78 is 0. The van der Waals surface area contributed by atoms with Gasteiger partial charge in [0.1, 0.15) is 5.82 Å². The van der Waals surface area contributed by atoms with Gasteiger partial charge in [0, 0.05) is 50.7 Å². The summed E-state index contributed by atoms with van der Waals surface area (Å²) in [5.74, 6) is 0.641. The molecule has 1 aromatic heterocycles. The summed E-state index contributed by atoms with van der Waals surface area (Å²) in [5.41, 5.74) is 1.38. The molecular formula is C20H25N5O2. The molecule has 0 bridgehead atoms. The summed E-state index contributed by atoms with van der Waals surface area (Å²) in [5, 5.41) is 5.96. The number of piperidine rings is 1. The third kappa shape index (κ3) is 4.97. The number of para-hydroxylation sites is 1. The maximum Gasteiger partial charge on any atom is 0.321 e. The summed E-state index contributed by atoms with van der Waals surface area (Å²) in [7, 11) is 3.78. The quantitative estimate of drug-likeness (QED) is 0.871. The maximum atomic E-state index is 12.5. The molecule has 0 unspecified atom stereocenters. The number of carbonyl (C=O) groups excluding carboxylic acids is 2. The van der Waals surface area contributed by atoms with Crippen LogP contribution >= 0.6 is 0 Å². The van der Waals surface area contributed by atoms with Crippen molar-refractivity contribution in [3.05, 3.63) is 54.2 Å². The molecule has 1 aliphatic heterocycles. The molecule has 2 heterocycles. The van der Waals surface area contributed by atoms with E-state index in [4.69, 9.17) is 0 Å². The second kappa shape index (κ2) is 8.53. The SMILES string of the molecule is CN(C)c1cc(C(=O)NC2CCN(C(=O)Nc3ccccc3)CC2)ccn1. The molecule has 7 heteroatoms. The zero-order valence-corrected chi connectivity index (χ0v) is 15.7. The lowest BCUT2D eigenvalue weighted by Gasteiger charge is -2.32. The number of nitrogens with zero attached hydrogens (tertiary/aromatic N) is 3. The minimum atomic E-state index is -0.104. The molecule has 1 fully saturated rings. The number of pyridine rings is 1. The molecule has 3 rings (SSSR count). The zero-order valence-electron chi connectivity index (χ0n) is 15.7. The smallest absolute Gasteiger partial charge is 0.321 e. The number of anilines is 2. The Labute approximate surface area is 159 Å². The standard InChI is InChI=1S/C20H25N5O2/c1-24(2)18-14-15(8-11-21-18)19(26)22-17-9-12-25(13-10-17)20(27)23-16-6-4-3-5-7-16/h3-8,11,14,17H,9-10,12-13H2,1-2H3,(H,22,26)(H,23,27). The van der Waals surface area contributed by atoms with E-state index in [0.29, 0.717) is 18.7 Å². The van der Waals surface area contributed by atoms with Crippen LogP contribution in [0.25, 0.3) is 0 Å². The molecule has 0 saturated carbocycles. The first-order chi connectivity index (χ1) is 13.0. The van der Waals surface area contributed by atoms with E-state index < -0.39 is 0 Å². The van der Waals surface area contributed by atoms with E-state index in [1.165, 1.54) is 0 Å². The van der Waals surface area contributed by atoms with Crippen LogP contribution in [0, 0.1) is 0 Å². The van der Waals surface area contributed by atoms with Crippen molar-refractivity contribution in [3.63, 3.8) is 0 Å². The average molecular weight is 367 g/mol. The lowest BCUT2D eigenvalue weighted by atomic mass is 10.0. The molecule has 0 radical (unpaired) electrons. The number of amides is 3. The minimum Gasteiger partial charge on any atom is -0.363 e. The third-order valence-electron chi connectivity index (χ3n) is 4.61. The second-order valence-corrected chi connectivity index (χ2v) is 6.83. The van der Waals surface area contributed by atoms with E-state index in [-0.39, 0.29) is 18.0 Å². The van der Waals surface area contributed by atoms with Gasteiger partial charge in [0.25, 0.3) is 5.91 Å². The molecule has 1 aliphatic rings. The van der Waals surface area contributed by atoms with Gasteiger partial charge in [-0.15, -0.1) is 0 Å². The molecule has 3 amide bonds. The fourth-order valence-electron chi connectivity index (χ4n) is 3.02. The van der Waals surface area contributed by atoms with Gasteiger partial charge in [-0.25, -0.2) is 9.78 Å². The van der Waals surface area contributed by atoms with Crippen molar-refractivity contribution in [3.8, 4) is 0 Å². The van der Waals surface area contributed by atoms with Crippen LogP contribution in [0.4, 0.5) is 16.3 Å². The van der Waals surface area contributed by atoms with Gasteiger partial charge in [0.2, 0.25) is 0 Å². The van der Waals surface area contributed by atoms with Crippen LogP contribution < -0.4 is 15.5 Å². The van der Waals surface area contributed by atoms with Crippen molar-refractivity contribution in [2.75, 3.05) is 37.4 Å². The Morgan fingerprint density at radius 1 is 1.11 bits per heavy atom. The molecule has 142 valence electrons. The Balaban J connectivity index is 1.50. The number of urea groups is 1. The Bertz CT molecular complexity index is 786. The lowest BCUT2D eigenvalue weighted by Crippen LogP contribution is -2.47. The van der Waals surface area contributed by atoms with Gasteiger partial charge in [0.15, 0.2) is 0 Å². The zero-order chi connectivity index (χ0) is 19.2. The van der Waals surface area contributed by atoms with Crippen molar-refractivity contribution in [1.29, 1.82) is 0 Å². The van der Waals surface area contributed by atoms with Gasteiger partial charge in [-0.1, -0.05) is 18.2 Å². The third-order valence-corrected chi connectivity index (χ3v) is 4.61. The lowest BCUT2D eigenvalue weighted by molar-refractivity contribution is 0.0919. The largest absolute Gasteiger partial charge is 0.363 e. The molecule has 2 N–H and O–H groups in total. The van der Waals surface area contributed by atoms with Gasteiger partial charge in [-0.3, -0.25) is 4.79 Å². The Hall–Kier alpha value is -3.09. The fraction of sp³-hybridized carbons (Fsp3) is 0.350. The van der Waals surface area contributed by atoms with Crippen LogP contribution in [0.5, 0.6) is 0 Å². The summed E-state index contributed by atoms with van der Waals surface area (Å²) in [6.45, 7) is 1.23. The van der Waals surface area contributed by atoms with E-state index >= 15 is 0 Å². The molecule has 0 atom stereocenters. The molecule has 1 saturated heterocycles. The summed E-state index contributed by atoms with van der Waals surface area (Å²) >= 11 is 0. The van der Waals surface area contributed by atoms with Crippen molar-refractivity contribution < 1.29 is 9.59 Å². The highest BCUT2D eigenvalue weighted by molar-refractivity contribution is 5.95. The topological polar surface area (TPSA) is 77.6 Å². The summed E-state index contributed by atoms with van der Waals surface area (Å²) in [4.78, 5) is 32.7. The Morgan fingerprint density at radius 3 is 2.48 bits per heavy atom. The highest BCUT2D eigenvalue weighted by Gasteiger charge is 2.24. The number of hydrogen-bond donors (Lipinski definition) is 2. The summed E-state index contributed by atoms with van der Waals surface area (Å²) in [6, 6.07) is 12.9. The first kappa shape index (κ1) is 18.7. The Morgan fingerprint density at radius 2 is 1.81 bits per heavy atom. The van der Waals surface area contributed by atoms with E-state index in [0.717, 1.165) is 24.3 Å². The first-order valence-corrected chi connectivity index (χ1v) is 9.08. The number of likely N-dealkylation sites (tertiary alicyclic amines) is 1. The van der Waals surface area contributed by atoms with Crippen molar-refractivity contribution in [2.45, 2.75) is 18.9 Å². The maximum absolute atomic E-state index is 12.5. The monoisotopic (exact) mass is 367 g/mol. The van der Waals surface area contributed by atoms with Crippen LogP contribution in [0.2, 0.25) is 0 Å². The van der Waals surface area contributed by atoms with E-state index in [1.807, 2.05) is 49.3 Å². The van der Waals surface area contributed by atoms with Crippen LogP contribution in [0.3, 0.4) is 0 Å². The van der Waals surface area contributed by atoms with Crippen molar-refractivity contribution in [2.24, 2.45) is 0 Å². The number of aromatic nitrogens is 1. The number of nitrogens with one attached hydrogen (secondary N) is 2. The molecule has 7 nitrogen and oxygen atoms in total. The predicted octanol–water partition coefficient (Wildman–Crippen LogP) is 2.57. The molecule has 27 heavy (non-hydrogen) atoms. The van der Waals surface area contributed by atoms with Crippen molar-refractivity contribution in [1.82, 2.24) is 15.2 Å². The fourth-order valence-corrected chi connectivity index (χ4v) is 3.02. The van der Waals surface area contributed by atoms with Crippen molar-refractivity contribution >= 4 is 23.4 Å². The number of rotatable bonds is 4. The van der Waals surface area contributed by atoms with E-state index in [9.17, 15) is 9.59 Å². The van der Waals surface area contributed by atoms with E-state index in [2.05, 4.69) is 15.6 Å². The average Bonchev–Trinajstić information content (AvgIpc) is 2.69. The van der Waals surface area contributed by atoms with Gasteiger partial charge in [-0.05, 0) is 37.1 Å². The predicted molar refractivity (Wildman–Crippen MR) is 106 cm³/mol. The van der Waals surface area contributed by atoms with Gasteiger partial charge < -0.3 is 20.4 Å². The van der Waals surface area contributed by atoms with Crippen LogP contribution in [-0.2, 0) is 0 Å². The number of benzene rings is 1. The highest BCUT2D eigenvalue weighted by Crippen LogP contribution is 2.15. The number of hydrogen-bond acceptors (Lipinski definition) is 4. The van der Waals surface area contributed by atoms with Gasteiger partial charge in [0.05, 0.1) is 0 Å². The number of carbonyl (C=O) groups is 2. The van der Waals surface area contributed by atoms with Gasteiger partial charge >= 0.3 is 6.03 Å². The molecule has 0 spiro atoms. The molecule has 2 aromatic rings. The van der Waals surface area contributed by atoms with Crippen LogP contribution in [0.1, 0.15) is 23.2 Å². The van der Waals surface area contributed by atoms with Crippen LogP contribution in [-0.4, -0.2) is 55.0 Å². The van der Waals surface area contributed by atoms with Gasteiger partial charge in [-0.2, -0.15) is 0 Å². The van der Waals surface area contributed by atoms with Crippen LogP contribution in [0.15, 0.2) is 48.7 Å².